The van der Waals surface area contributed by atoms with Crippen molar-refractivity contribution in [2.45, 2.75) is 37.8 Å². The van der Waals surface area contributed by atoms with Gasteiger partial charge in [0.2, 0.25) is 0 Å². The molecule has 2 atom stereocenters. The van der Waals surface area contributed by atoms with Crippen LogP contribution in [0.3, 0.4) is 0 Å². The highest BCUT2D eigenvalue weighted by molar-refractivity contribution is 6.32. The average Bonchev–Trinajstić information content (AvgIpc) is 2.39. The molecule has 1 aromatic rings. The van der Waals surface area contributed by atoms with E-state index in [4.69, 9.17) is 21.6 Å². The molecule has 18 heavy (non-hydrogen) atoms. The second-order valence-corrected chi connectivity index (χ2v) is 5.08. The fraction of sp³-hybridized carbons (Fsp3) is 0.500. The van der Waals surface area contributed by atoms with Crippen LogP contribution in [0.4, 0.5) is 5.69 Å². The molecule has 1 aliphatic rings. The van der Waals surface area contributed by atoms with Crippen molar-refractivity contribution in [2.24, 2.45) is 0 Å². The lowest BCUT2D eigenvalue weighted by Gasteiger charge is -2.29. The van der Waals surface area contributed by atoms with Gasteiger partial charge in [-0.25, -0.2) is 0 Å². The van der Waals surface area contributed by atoms with E-state index in [9.17, 15) is 0 Å². The normalized spacial score (nSPS) is 23.4. The van der Waals surface area contributed by atoms with Crippen molar-refractivity contribution in [2.75, 3.05) is 12.4 Å². The molecule has 0 amide bonds. The van der Waals surface area contributed by atoms with Crippen molar-refractivity contribution >= 4 is 17.3 Å². The summed E-state index contributed by atoms with van der Waals surface area (Å²) in [5.41, 5.74) is 1.49. The average molecular weight is 265 g/mol. The Morgan fingerprint density at radius 2 is 2.28 bits per heavy atom. The number of nitriles is 1. The number of hydrogen-bond acceptors (Lipinski definition) is 3. The van der Waals surface area contributed by atoms with E-state index in [2.05, 4.69) is 11.4 Å². The van der Waals surface area contributed by atoms with Gasteiger partial charge in [-0.3, -0.25) is 0 Å². The number of nitrogens with zero attached hydrogens (tertiary/aromatic N) is 1. The Morgan fingerprint density at radius 3 is 2.94 bits per heavy atom. The summed E-state index contributed by atoms with van der Waals surface area (Å²) < 4.78 is 5.41. The lowest BCUT2D eigenvalue weighted by atomic mass is 9.92. The predicted molar refractivity (Wildman–Crippen MR) is 72.8 cm³/mol. The van der Waals surface area contributed by atoms with Gasteiger partial charge in [-0.15, -0.1) is 0 Å². The first-order valence-electron chi connectivity index (χ1n) is 6.22. The zero-order valence-corrected chi connectivity index (χ0v) is 11.2. The van der Waals surface area contributed by atoms with E-state index in [0.29, 0.717) is 22.7 Å². The van der Waals surface area contributed by atoms with Crippen LogP contribution < -0.4 is 5.32 Å². The molecule has 0 saturated heterocycles. The van der Waals surface area contributed by atoms with E-state index in [-0.39, 0.29) is 0 Å². The number of ether oxygens (including phenoxy) is 1. The molecule has 1 fully saturated rings. The first kappa shape index (κ1) is 13.2. The molecule has 0 aliphatic heterocycles. The Hall–Kier alpha value is -1.24. The molecule has 0 spiro atoms. The van der Waals surface area contributed by atoms with Gasteiger partial charge in [0.1, 0.15) is 6.07 Å². The summed E-state index contributed by atoms with van der Waals surface area (Å²) in [7, 11) is 1.77. The molecule has 1 N–H and O–H groups in total. The van der Waals surface area contributed by atoms with Gasteiger partial charge < -0.3 is 10.1 Å². The van der Waals surface area contributed by atoms with Gasteiger partial charge in [0.05, 0.1) is 16.7 Å². The Bertz CT molecular complexity index is 456. The number of anilines is 1. The summed E-state index contributed by atoms with van der Waals surface area (Å²) in [4.78, 5) is 0. The number of nitrogens with one attached hydrogen (secondary N) is 1. The van der Waals surface area contributed by atoms with Crippen LogP contribution in [0.2, 0.25) is 5.02 Å². The largest absolute Gasteiger partial charge is 0.382 e. The third kappa shape index (κ3) is 3.16. The first-order chi connectivity index (χ1) is 8.72. The lowest BCUT2D eigenvalue weighted by molar-refractivity contribution is 0.0669. The summed E-state index contributed by atoms with van der Waals surface area (Å²) in [6.07, 6.45) is 4.85. The van der Waals surface area contributed by atoms with Gasteiger partial charge in [0, 0.05) is 18.8 Å². The number of hydrogen-bond donors (Lipinski definition) is 1. The minimum atomic E-state index is 0.352. The SMILES string of the molecule is COC1CCCC(Nc2ccc(C#N)c(Cl)c2)C1. The van der Waals surface area contributed by atoms with Crippen molar-refractivity contribution in [1.29, 1.82) is 5.26 Å². The Morgan fingerprint density at radius 1 is 1.44 bits per heavy atom. The maximum absolute atomic E-state index is 8.83. The van der Waals surface area contributed by atoms with Crippen LogP contribution in [0.1, 0.15) is 31.2 Å². The van der Waals surface area contributed by atoms with Gasteiger partial charge in [0.25, 0.3) is 0 Å². The minimum Gasteiger partial charge on any atom is -0.382 e. The third-order valence-corrected chi connectivity index (χ3v) is 3.73. The van der Waals surface area contributed by atoms with E-state index >= 15 is 0 Å². The molecule has 0 bridgehead atoms. The molecular formula is C14H17ClN2O. The van der Waals surface area contributed by atoms with E-state index in [0.717, 1.165) is 24.9 Å². The molecule has 0 aromatic heterocycles. The van der Waals surface area contributed by atoms with Crippen molar-refractivity contribution in [3.8, 4) is 6.07 Å². The summed E-state index contributed by atoms with van der Waals surface area (Å²) in [5, 5.41) is 12.8. The van der Waals surface area contributed by atoms with Gasteiger partial charge in [-0.2, -0.15) is 5.26 Å². The maximum Gasteiger partial charge on any atom is 0.101 e. The second kappa shape index (κ2) is 6.08. The first-order valence-corrected chi connectivity index (χ1v) is 6.59. The number of methoxy groups -OCH3 is 1. The van der Waals surface area contributed by atoms with Crippen LogP contribution in [0.5, 0.6) is 0 Å². The molecule has 0 radical (unpaired) electrons. The van der Waals surface area contributed by atoms with Crippen LogP contribution >= 0.6 is 11.6 Å². The number of benzene rings is 1. The predicted octanol–water partition coefficient (Wildman–Crippen LogP) is 3.58. The zero-order chi connectivity index (χ0) is 13.0. The van der Waals surface area contributed by atoms with Crippen molar-refractivity contribution < 1.29 is 4.74 Å². The molecule has 1 saturated carbocycles. The Balaban J connectivity index is 2.01. The highest BCUT2D eigenvalue weighted by atomic mass is 35.5. The smallest absolute Gasteiger partial charge is 0.101 e. The summed E-state index contributed by atoms with van der Waals surface area (Å²) >= 11 is 6.02. The van der Waals surface area contributed by atoms with E-state index < -0.39 is 0 Å². The highest BCUT2D eigenvalue weighted by Crippen LogP contribution is 2.26. The van der Waals surface area contributed by atoms with Gasteiger partial charge in [-0.1, -0.05) is 11.6 Å². The zero-order valence-electron chi connectivity index (χ0n) is 10.4. The van der Waals surface area contributed by atoms with Crippen molar-refractivity contribution in [3.05, 3.63) is 28.8 Å². The molecule has 1 aromatic carbocycles. The molecule has 2 rings (SSSR count). The van der Waals surface area contributed by atoms with E-state index in [1.807, 2.05) is 12.1 Å². The molecule has 0 heterocycles. The van der Waals surface area contributed by atoms with E-state index in [1.165, 1.54) is 6.42 Å². The fourth-order valence-electron chi connectivity index (χ4n) is 2.42. The highest BCUT2D eigenvalue weighted by Gasteiger charge is 2.21. The topological polar surface area (TPSA) is 45.0 Å². The summed E-state index contributed by atoms with van der Waals surface area (Å²) in [5.74, 6) is 0. The van der Waals surface area contributed by atoms with Gasteiger partial charge in [-0.05, 0) is 43.9 Å². The lowest BCUT2D eigenvalue weighted by Crippen LogP contribution is -2.30. The standard InChI is InChI=1S/C14H17ClN2O/c1-18-13-4-2-3-11(7-13)17-12-6-5-10(9-16)14(15)8-12/h5-6,8,11,13,17H,2-4,7H2,1H3. The number of halogens is 1. The molecule has 2 unspecified atom stereocenters. The Kier molecular flexibility index (Phi) is 4.46. The molecular weight excluding hydrogens is 248 g/mol. The molecule has 4 heteroatoms. The van der Waals surface area contributed by atoms with Crippen LogP contribution in [0, 0.1) is 11.3 Å². The van der Waals surface area contributed by atoms with Crippen molar-refractivity contribution in [1.82, 2.24) is 0 Å². The monoisotopic (exact) mass is 264 g/mol. The van der Waals surface area contributed by atoms with Crippen LogP contribution in [-0.4, -0.2) is 19.3 Å². The van der Waals surface area contributed by atoms with E-state index in [1.54, 1.807) is 13.2 Å². The third-order valence-electron chi connectivity index (χ3n) is 3.42. The fourth-order valence-corrected chi connectivity index (χ4v) is 2.64. The second-order valence-electron chi connectivity index (χ2n) is 4.67. The Labute approximate surface area is 113 Å². The van der Waals surface area contributed by atoms with Gasteiger partial charge in [0.15, 0.2) is 0 Å². The summed E-state index contributed by atoms with van der Waals surface area (Å²) in [6.45, 7) is 0. The molecule has 3 nitrogen and oxygen atoms in total. The van der Waals surface area contributed by atoms with Crippen LogP contribution in [0.25, 0.3) is 0 Å². The minimum absolute atomic E-state index is 0.352. The van der Waals surface area contributed by atoms with Gasteiger partial charge >= 0.3 is 0 Å². The van der Waals surface area contributed by atoms with Crippen molar-refractivity contribution in [3.63, 3.8) is 0 Å². The molecule has 1 aliphatic carbocycles. The van der Waals surface area contributed by atoms with Crippen LogP contribution in [0.15, 0.2) is 18.2 Å². The summed E-state index contributed by atoms with van der Waals surface area (Å²) in [6, 6.07) is 7.96. The quantitative estimate of drug-likeness (QED) is 0.908. The molecule has 96 valence electrons. The number of rotatable bonds is 3. The maximum atomic E-state index is 8.83. The van der Waals surface area contributed by atoms with Crippen LogP contribution in [-0.2, 0) is 4.74 Å².